The van der Waals surface area contributed by atoms with Crippen molar-refractivity contribution in [3.05, 3.63) is 75.7 Å². The fourth-order valence-corrected chi connectivity index (χ4v) is 2.95. The van der Waals surface area contributed by atoms with Crippen LogP contribution < -0.4 is 0 Å². The number of nitrogens with zero attached hydrogens (tertiary/aromatic N) is 2. The summed E-state index contributed by atoms with van der Waals surface area (Å²) in [6.45, 7) is 8.32. The maximum atomic E-state index is 11.4. The number of furan rings is 1. The Morgan fingerprint density at radius 1 is 1.33 bits per heavy atom. The lowest BCUT2D eigenvalue weighted by Gasteiger charge is -2.03. The highest BCUT2D eigenvalue weighted by Gasteiger charge is 2.10. The molecule has 160 valence electrons. The summed E-state index contributed by atoms with van der Waals surface area (Å²) in [5, 5.41) is 20.9. The summed E-state index contributed by atoms with van der Waals surface area (Å²) in [6.07, 6.45) is 7.80. The zero-order valence-corrected chi connectivity index (χ0v) is 18.2. The molecule has 0 aliphatic carbocycles. The van der Waals surface area contributed by atoms with Crippen LogP contribution >= 0.6 is 11.3 Å². The van der Waals surface area contributed by atoms with E-state index < -0.39 is 0 Å². The van der Waals surface area contributed by atoms with Gasteiger partial charge in [0.05, 0.1) is 23.8 Å². The second kappa shape index (κ2) is 13.9. The van der Waals surface area contributed by atoms with Gasteiger partial charge in [-0.15, -0.1) is 11.3 Å². The number of hydrogen-bond acceptors (Lipinski definition) is 6. The Morgan fingerprint density at radius 3 is 2.40 bits per heavy atom. The van der Waals surface area contributed by atoms with Crippen molar-refractivity contribution in [2.45, 2.75) is 48.5 Å². The lowest BCUT2D eigenvalue weighted by Crippen LogP contribution is -2.03. The Labute approximate surface area is 183 Å². The van der Waals surface area contributed by atoms with Crippen LogP contribution in [0.3, 0.4) is 0 Å². The van der Waals surface area contributed by atoms with E-state index in [0.717, 1.165) is 11.1 Å². The molecule has 0 aliphatic rings. The maximum Gasteiger partial charge on any atom is 0.181 e. The number of aliphatic hydroxyl groups excluding tert-OH is 1. The van der Waals surface area contributed by atoms with Gasteiger partial charge in [-0.1, -0.05) is 26.5 Å². The number of rotatable bonds is 6. The van der Waals surface area contributed by atoms with Crippen LogP contribution in [0.2, 0.25) is 0 Å². The first-order chi connectivity index (χ1) is 13.8. The average Bonchev–Trinajstić information content (AvgIpc) is 3.40. The zero-order valence-electron chi connectivity index (χ0n) is 17.4. The van der Waals surface area contributed by atoms with Gasteiger partial charge >= 0.3 is 0 Å². The molecular weight excluding hydrogens is 396 g/mol. The molecule has 0 aromatic carbocycles. The molecule has 0 unspecified atom stereocenters. The Balaban J connectivity index is 0.000000886. The summed E-state index contributed by atoms with van der Waals surface area (Å²) >= 11 is 1.82. The zero-order chi connectivity index (χ0) is 21.8. The molecule has 0 saturated heterocycles. The van der Waals surface area contributed by atoms with E-state index in [1.807, 2.05) is 24.3 Å². The second-order valence-corrected chi connectivity index (χ2v) is 7.08. The largest absolute Gasteiger partial charge is 0.510 e. The lowest BCUT2D eigenvalue weighted by molar-refractivity contribution is -0.113. The highest BCUT2D eigenvalue weighted by molar-refractivity contribution is 7.09. The van der Waals surface area contributed by atoms with Crippen molar-refractivity contribution in [2.75, 3.05) is 0 Å². The number of ketones is 1. The molecule has 6 heteroatoms. The van der Waals surface area contributed by atoms with Gasteiger partial charge in [0.15, 0.2) is 5.78 Å². The molecule has 0 amide bonds. The Morgan fingerprint density at radius 2 is 2.03 bits per heavy atom. The normalized spacial score (nSPS) is 12.7. The fourth-order valence-electron chi connectivity index (χ4n) is 2.29. The third-order valence-electron chi connectivity index (χ3n) is 3.86. The highest BCUT2D eigenvalue weighted by Crippen LogP contribution is 2.19. The topological polar surface area (TPSA) is 86.6 Å². The summed E-state index contributed by atoms with van der Waals surface area (Å²) in [4.78, 5) is 17.0. The SMILES string of the molecule is C.CCc1cccs1.C\C=C(/C=C(C#N)\C(C)=N\C(C(C)=O)=C(/C)O)c1ccoc1. The van der Waals surface area contributed by atoms with Crippen LogP contribution in [0.4, 0.5) is 0 Å². The number of nitriles is 1. The molecular formula is C24H30N2O3S. The molecule has 0 radical (unpaired) electrons. The van der Waals surface area contributed by atoms with E-state index in [-0.39, 0.29) is 24.7 Å². The predicted molar refractivity (Wildman–Crippen MR) is 126 cm³/mol. The van der Waals surface area contributed by atoms with Crippen LogP contribution in [0.5, 0.6) is 0 Å². The van der Waals surface area contributed by atoms with Gasteiger partial charge in [-0.2, -0.15) is 5.26 Å². The van der Waals surface area contributed by atoms with E-state index in [1.165, 1.54) is 25.1 Å². The van der Waals surface area contributed by atoms with Crippen molar-refractivity contribution in [3.8, 4) is 6.07 Å². The minimum atomic E-state index is -0.363. The van der Waals surface area contributed by atoms with E-state index in [2.05, 4.69) is 35.5 Å². The molecule has 2 aromatic heterocycles. The van der Waals surface area contributed by atoms with E-state index in [1.54, 1.807) is 31.6 Å². The number of allylic oxidation sites excluding steroid dienone is 6. The molecule has 0 fully saturated rings. The number of aliphatic imine (C=N–C) groups is 1. The van der Waals surface area contributed by atoms with Gasteiger partial charge in [0.1, 0.15) is 17.5 Å². The van der Waals surface area contributed by atoms with E-state index >= 15 is 0 Å². The monoisotopic (exact) mass is 426 g/mol. The first-order valence-electron chi connectivity index (χ1n) is 9.13. The molecule has 0 bridgehead atoms. The quantitative estimate of drug-likeness (QED) is 0.179. The van der Waals surface area contributed by atoms with Crippen LogP contribution in [-0.4, -0.2) is 16.6 Å². The van der Waals surface area contributed by atoms with Gasteiger partial charge in [0.25, 0.3) is 0 Å². The molecule has 0 aliphatic heterocycles. The maximum absolute atomic E-state index is 11.4. The molecule has 2 aromatic rings. The minimum absolute atomic E-state index is 0. The number of carbonyl (C=O) groups excluding carboxylic acids is 1. The Kier molecular flexibility index (Phi) is 12.4. The Hall–Kier alpha value is -3.17. The van der Waals surface area contributed by atoms with E-state index in [4.69, 9.17) is 4.42 Å². The lowest BCUT2D eigenvalue weighted by atomic mass is 10.0. The number of thiophene rings is 1. The molecule has 0 atom stereocenters. The number of aliphatic hydroxyl groups is 1. The third-order valence-corrected chi connectivity index (χ3v) is 4.88. The molecule has 0 saturated carbocycles. The van der Waals surface area contributed by atoms with Gasteiger partial charge < -0.3 is 9.52 Å². The molecule has 2 rings (SSSR count). The third kappa shape index (κ3) is 8.46. The summed E-state index contributed by atoms with van der Waals surface area (Å²) in [7, 11) is 0. The second-order valence-electron chi connectivity index (χ2n) is 6.05. The van der Waals surface area contributed by atoms with Gasteiger partial charge in [-0.3, -0.25) is 4.79 Å². The van der Waals surface area contributed by atoms with Gasteiger partial charge in [0, 0.05) is 17.4 Å². The average molecular weight is 427 g/mol. The van der Waals surface area contributed by atoms with Crippen molar-refractivity contribution in [3.63, 3.8) is 0 Å². The predicted octanol–water partition coefficient (Wildman–Crippen LogP) is 6.92. The van der Waals surface area contributed by atoms with Crippen molar-refractivity contribution in [1.29, 1.82) is 5.26 Å². The molecule has 1 N–H and O–H groups in total. The minimum Gasteiger partial charge on any atom is -0.510 e. The van der Waals surface area contributed by atoms with Gasteiger partial charge in [0.2, 0.25) is 0 Å². The van der Waals surface area contributed by atoms with Crippen molar-refractivity contribution in [2.24, 2.45) is 4.99 Å². The van der Waals surface area contributed by atoms with Crippen LogP contribution in [0.15, 0.2) is 74.7 Å². The van der Waals surface area contributed by atoms with E-state index in [9.17, 15) is 15.2 Å². The van der Waals surface area contributed by atoms with Crippen LogP contribution in [0.25, 0.3) is 5.57 Å². The van der Waals surface area contributed by atoms with Crippen LogP contribution in [0, 0.1) is 11.3 Å². The van der Waals surface area contributed by atoms with Crippen molar-refractivity contribution < 1.29 is 14.3 Å². The summed E-state index contributed by atoms with van der Waals surface area (Å²) in [6, 6.07) is 8.08. The van der Waals surface area contributed by atoms with Gasteiger partial charge in [-0.05, 0) is 56.4 Å². The highest BCUT2D eigenvalue weighted by atomic mass is 32.1. The molecule has 0 spiro atoms. The molecule has 30 heavy (non-hydrogen) atoms. The van der Waals surface area contributed by atoms with Crippen LogP contribution in [0.1, 0.15) is 52.5 Å². The van der Waals surface area contributed by atoms with Gasteiger partial charge in [-0.25, -0.2) is 4.99 Å². The fraction of sp³-hybridized carbons (Fsp3) is 0.292. The van der Waals surface area contributed by atoms with Crippen molar-refractivity contribution in [1.82, 2.24) is 0 Å². The van der Waals surface area contributed by atoms with E-state index in [0.29, 0.717) is 11.3 Å². The number of carbonyl (C=O) groups is 1. The summed E-state index contributed by atoms with van der Waals surface area (Å²) < 4.78 is 5.03. The number of hydrogen-bond donors (Lipinski definition) is 1. The molecule has 5 nitrogen and oxygen atoms in total. The summed E-state index contributed by atoms with van der Waals surface area (Å²) in [5.74, 6) is -0.539. The first kappa shape index (κ1) is 26.8. The smallest absolute Gasteiger partial charge is 0.181 e. The first-order valence-corrected chi connectivity index (χ1v) is 10.0. The number of Topliss-reactive ketones (excluding diaryl/α,β-unsaturated/α-hetero) is 1. The standard InChI is InChI=1S/C17H18N2O3.C6H8S.CH4/c1-5-14(15-6-7-22-10-15)8-16(9-18)11(2)19-17(12(3)20)13(4)21;1-2-6-4-3-5-7-6;/h5-8,10,20H,1-4H3;3-5H,2H2,1H3;1H4/b14-5+,16-8-,17-12+,19-11+;;. The Bertz CT molecular complexity index is 951. The molecule has 2 heterocycles. The number of aryl methyl sites for hydroxylation is 1. The van der Waals surface area contributed by atoms with Crippen molar-refractivity contribution >= 4 is 28.4 Å². The van der Waals surface area contributed by atoms with Crippen LogP contribution in [-0.2, 0) is 11.2 Å². The summed E-state index contributed by atoms with van der Waals surface area (Å²) in [5.41, 5.74) is 2.24.